The molecule has 4 fully saturated rings. The molecule has 4 rings (SSSR count). The van der Waals surface area contributed by atoms with Crippen molar-refractivity contribution in [1.82, 2.24) is 10.2 Å². The highest BCUT2D eigenvalue weighted by atomic mass is 32.2. The third kappa shape index (κ3) is 5.89. The highest BCUT2D eigenvalue weighted by Crippen LogP contribution is 2.42. The van der Waals surface area contributed by atoms with E-state index in [1.165, 1.54) is 0 Å². The second kappa shape index (κ2) is 10.6. The highest BCUT2D eigenvalue weighted by molar-refractivity contribution is 7.92. The topological polar surface area (TPSA) is 116 Å². The first-order valence-electron chi connectivity index (χ1n) is 13.0. The Labute approximate surface area is 197 Å². The third-order valence-corrected chi connectivity index (χ3v) is 11.0. The maximum absolute atomic E-state index is 13.5. The summed E-state index contributed by atoms with van der Waals surface area (Å²) in [6.07, 6.45) is 9.33. The minimum atomic E-state index is -3.20. The molecule has 3 saturated carbocycles. The Kier molecular flexibility index (Phi) is 7.98. The second-order valence-corrected chi connectivity index (χ2v) is 13.3. The van der Waals surface area contributed by atoms with Crippen LogP contribution in [0.3, 0.4) is 0 Å². The van der Waals surface area contributed by atoms with Gasteiger partial charge < -0.3 is 11.1 Å². The van der Waals surface area contributed by atoms with E-state index in [2.05, 4.69) is 10.2 Å². The molecule has 0 aromatic carbocycles. The molecule has 0 spiro atoms. The molecule has 1 heterocycles. The number of halogens is 1. The number of alkyl halides is 1. The molecule has 1 saturated heterocycles. The molecule has 7 nitrogen and oxygen atoms in total. The Morgan fingerprint density at radius 2 is 1.70 bits per heavy atom. The first kappa shape index (κ1) is 24.9. The van der Waals surface area contributed by atoms with Gasteiger partial charge in [0.05, 0.1) is 22.9 Å². The zero-order chi connectivity index (χ0) is 23.6. The fraction of sp³-hybridized carbons (Fsp3) is 0.917. The zero-order valence-electron chi connectivity index (χ0n) is 19.7. The van der Waals surface area contributed by atoms with Crippen LogP contribution < -0.4 is 11.1 Å². The molecule has 9 heteroatoms. The van der Waals surface area contributed by atoms with Crippen molar-refractivity contribution in [3.63, 3.8) is 0 Å². The molecule has 0 radical (unpaired) electrons. The van der Waals surface area contributed by atoms with E-state index in [1.54, 1.807) is 0 Å². The summed E-state index contributed by atoms with van der Waals surface area (Å²) in [6, 6.07) is -0.258. The van der Waals surface area contributed by atoms with Crippen LogP contribution in [-0.4, -0.2) is 66.9 Å². The van der Waals surface area contributed by atoms with Crippen molar-refractivity contribution in [3.8, 4) is 0 Å². The Morgan fingerprint density at radius 1 is 1.00 bits per heavy atom. The molecule has 4 aliphatic rings. The lowest BCUT2D eigenvalue weighted by molar-refractivity contribution is -0.127. The van der Waals surface area contributed by atoms with E-state index >= 15 is 0 Å². The number of likely N-dealkylation sites (tertiary alicyclic amines) is 1. The number of rotatable bonds is 7. The van der Waals surface area contributed by atoms with Crippen molar-refractivity contribution in [2.24, 2.45) is 17.6 Å². The predicted octanol–water partition coefficient (Wildman–Crippen LogP) is 2.93. The number of carbonyl (C=O) groups is 1. The van der Waals surface area contributed by atoms with Gasteiger partial charge in [-0.25, -0.2) is 12.8 Å². The van der Waals surface area contributed by atoms with Crippen molar-refractivity contribution in [3.05, 3.63) is 0 Å². The lowest BCUT2D eigenvalue weighted by atomic mass is 9.78. The van der Waals surface area contributed by atoms with Gasteiger partial charge in [0.25, 0.3) is 0 Å². The van der Waals surface area contributed by atoms with Crippen LogP contribution in [0, 0.1) is 17.2 Å². The number of nitrogens with two attached hydrogens (primary N) is 1. The molecule has 0 bridgehead atoms. The maximum atomic E-state index is 13.5. The summed E-state index contributed by atoms with van der Waals surface area (Å²) < 4.78 is 39.7. The fourth-order valence-electron chi connectivity index (χ4n) is 6.72. The lowest BCUT2D eigenvalue weighted by Gasteiger charge is -2.37. The Morgan fingerprint density at radius 3 is 2.36 bits per heavy atom. The summed E-state index contributed by atoms with van der Waals surface area (Å²) >= 11 is 0. The molecule has 4 unspecified atom stereocenters. The van der Waals surface area contributed by atoms with Crippen LogP contribution in [0.25, 0.3) is 0 Å². The number of fused-ring (bicyclic) bond motifs is 1. The summed E-state index contributed by atoms with van der Waals surface area (Å²) in [7, 11) is -3.20. The quantitative estimate of drug-likeness (QED) is 0.379. The summed E-state index contributed by atoms with van der Waals surface area (Å²) in [5, 5.41) is 10.8. The van der Waals surface area contributed by atoms with Gasteiger partial charge in [0, 0.05) is 24.5 Å². The van der Waals surface area contributed by atoms with Gasteiger partial charge in [0.2, 0.25) is 5.91 Å². The van der Waals surface area contributed by atoms with E-state index in [-0.39, 0.29) is 46.8 Å². The smallest absolute Gasteiger partial charge is 0.237 e. The van der Waals surface area contributed by atoms with Crippen LogP contribution in [0.1, 0.15) is 83.5 Å². The van der Waals surface area contributed by atoms with Gasteiger partial charge in [-0.1, -0.05) is 19.3 Å². The first-order valence-corrected chi connectivity index (χ1v) is 14.7. The average Bonchev–Trinajstić information content (AvgIpc) is 3.18. The first-order chi connectivity index (χ1) is 15.7. The molecule has 0 aromatic heterocycles. The number of nitrogens with one attached hydrogen (secondary N) is 2. The Hall–Kier alpha value is -1.22. The van der Waals surface area contributed by atoms with E-state index < -0.39 is 16.0 Å². The minimum Gasteiger partial charge on any atom is -0.387 e. The monoisotopic (exact) mass is 484 g/mol. The number of hydrogen-bond donors (Lipinski definition) is 3. The van der Waals surface area contributed by atoms with Crippen LogP contribution in [0.15, 0.2) is 0 Å². The molecule has 1 aliphatic heterocycles. The molecule has 188 valence electrons. The van der Waals surface area contributed by atoms with Crippen molar-refractivity contribution >= 4 is 21.6 Å². The van der Waals surface area contributed by atoms with E-state index in [4.69, 9.17) is 11.1 Å². The van der Waals surface area contributed by atoms with Crippen molar-refractivity contribution in [1.29, 1.82) is 5.41 Å². The van der Waals surface area contributed by atoms with E-state index in [0.29, 0.717) is 38.1 Å². The molecule has 33 heavy (non-hydrogen) atoms. The molecule has 3 aliphatic carbocycles. The van der Waals surface area contributed by atoms with E-state index in [1.807, 2.05) is 0 Å². The van der Waals surface area contributed by atoms with Crippen LogP contribution >= 0.6 is 0 Å². The predicted molar refractivity (Wildman–Crippen MR) is 128 cm³/mol. The normalized spacial score (nSPS) is 36.3. The van der Waals surface area contributed by atoms with Gasteiger partial charge >= 0.3 is 0 Å². The van der Waals surface area contributed by atoms with E-state index in [0.717, 1.165) is 57.8 Å². The van der Waals surface area contributed by atoms with Crippen LogP contribution in [-0.2, 0) is 14.6 Å². The number of nitrogens with zero attached hydrogens (tertiary/aromatic N) is 1. The standard InChI is InChI=1S/C24H41FN4O3S/c25-18-8-10-19(11-9-18)28-24(30)22-14-16-6-7-17(23(26)27)15-21(16)29(22)12-13-33(31,32)20-4-2-1-3-5-20/h16-22H,1-15H2,(H3,26,27)(H,28,30). The van der Waals surface area contributed by atoms with Crippen molar-refractivity contribution in [2.75, 3.05) is 12.3 Å². The summed E-state index contributed by atoms with van der Waals surface area (Å²) in [4.78, 5) is 15.4. The van der Waals surface area contributed by atoms with Gasteiger partial charge in [-0.2, -0.15) is 0 Å². The maximum Gasteiger partial charge on any atom is 0.237 e. The van der Waals surface area contributed by atoms with Gasteiger partial charge in [-0.05, 0) is 70.1 Å². The Balaban J connectivity index is 1.45. The fourth-order valence-corrected chi connectivity index (χ4v) is 8.57. The summed E-state index contributed by atoms with van der Waals surface area (Å²) in [6.45, 7) is 0.361. The number of amidine groups is 1. The van der Waals surface area contributed by atoms with Crippen molar-refractivity contribution in [2.45, 2.75) is 113 Å². The molecule has 1 amide bonds. The van der Waals surface area contributed by atoms with Gasteiger partial charge in [0.1, 0.15) is 6.17 Å². The number of amides is 1. The largest absolute Gasteiger partial charge is 0.387 e. The Bertz CT molecular complexity index is 809. The van der Waals surface area contributed by atoms with E-state index in [9.17, 15) is 17.6 Å². The summed E-state index contributed by atoms with van der Waals surface area (Å²) in [5.41, 5.74) is 5.82. The van der Waals surface area contributed by atoms with Crippen LogP contribution in [0.5, 0.6) is 0 Å². The zero-order valence-corrected chi connectivity index (χ0v) is 20.5. The van der Waals surface area contributed by atoms with Crippen molar-refractivity contribution < 1.29 is 17.6 Å². The highest BCUT2D eigenvalue weighted by Gasteiger charge is 2.48. The second-order valence-electron chi connectivity index (χ2n) is 10.9. The number of hydrogen-bond acceptors (Lipinski definition) is 5. The van der Waals surface area contributed by atoms with Gasteiger partial charge in [-0.3, -0.25) is 15.1 Å². The molecule has 4 N–H and O–H groups in total. The van der Waals surface area contributed by atoms with Crippen LogP contribution in [0.4, 0.5) is 4.39 Å². The minimum absolute atomic E-state index is 0.00455. The lowest BCUT2D eigenvalue weighted by Crippen LogP contribution is -2.52. The SMILES string of the molecule is N=C(N)C1CCC2CC(C(=O)NC3CCC(F)CC3)N(CCS(=O)(=O)C3CCCCC3)C2C1. The number of carbonyl (C=O) groups excluding carboxylic acids is 1. The van der Waals surface area contributed by atoms with Gasteiger partial charge in [0.15, 0.2) is 9.84 Å². The van der Waals surface area contributed by atoms with Gasteiger partial charge in [-0.15, -0.1) is 0 Å². The molecular weight excluding hydrogens is 443 g/mol. The average molecular weight is 485 g/mol. The third-order valence-electron chi connectivity index (χ3n) is 8.75. The molecule has 0 aromatic rings. The van der Waals surface area contributed by atoms with Crippen LogP contribution in [0.2, 0.25) is 0 Å². The summed E-state index contributed by atoms with van der Waals surface area (Å²) in [5.74, 6) is 0.573. The molecular formula is C24H41FN4O3S. The molecule has 4 atom stereocenters. The number of sulfone groups is 1.